The minimum absolute atomic E-state index is 0.0121. The molecule has 10 nitrogen and oxygen atoms in total. The molecular weight excluding hydrogens is 571 g/mol. The molecule has 2 atom stereocenters. The number of anilines is 1. The molecule has 0 radical (unpaired) electrons. The second kappa shape index (κ2) is 11.5. The van der Waals surface area contributed by atoms with E-state index in [1.165, 1.54) is 18.2 Å². The van der Waals surface area contributed by atoms with Gasteiger partial charge in [0.15, 0.2) is 9.84 Å². The van der Waals surface area contributed by atoms with Crippen molar-refractivity contribution in [1.82, 2.24) is 14.0 Å². The van der Waals surface area contributed by atoms with Crippen LogP contribution in [0.1, 0.15) is 57.8 Å². The predicted octanol–water partition coefficient (Wildman–Crippen LogP) is 3.64. The van der Waals surface area contributed by atoms with Gasteiger partial charge in [-0.3, -0.25) is 4.79 Å². The molecule has 4 rings (SSSR count). The van der Waals surface area contributed by atoms with Crippen LogP contribution in [0.15, 0.2) is 30.3 Å². The molecule has 1 N–H and O–H groups in total. The summed E-state index contributed by atoms with van der Waals surface area (Å²) in [7, 11) is -7.74. The Bertz CT molecular complexity index is 1530. The fraction of sp³-hybridized carbons (Fsp3) is 0.571. The third-order valence-electron chi connectivity index (χ3n) is 7.47. The summed E-state index contributed by atoms with van der Waals surface area (Å²) in [4.78, 5) is 20.2. The molecule has 226 valence electrons. The molecule has 13 heteroatoms. The molecule has 1 aromatic carbocycles. The van der Waals surface area contributed by atoms with Crippen LogP contribution in [0.5, 0.6) is 5.75 Å². The highest BCUT2D eigenvalue weighted by Crippen LogP contribution is 2.38. The van der Waals surface area contributed by atoms with Gasteiger partial charge in [0, 0.05) is 43.1 Å². The van der Waals surface area contributed by atoms with Gasteiger partial charge in [0.05, 0.1) is 23.1 Å². The zero-order chi connectivity index (χ0) is 30.3. The van der Waals surface area contributed by atoms with Crippen molar-refractivity contribution in [2.45, 2.75) is 58.2 Å². The Morgan fingerprint density at radius 1 is 1.17 bits per heavy atom. The Labute approximate surface area is 242 Å². The van der Waals surface area contributed by atoms with E-state index in [9.17, 15) is 26.0 Å². The Hall–Kier alpha value is -2.77. The van der Waals surface area contributed by atoms with Crippen LogP contribution in [-0.4, -0.2) is 75.3 Å². The van der Waals surface area contributed by atoms with Crippen molar-refractivity contribution < 1.29 is 30.8 Å². The van der Waals surface area contributed by atoms with Gasteiger partial charge in [-0.1, -0.05) is 20.8 Å². The number of hydrogen-bond acceptors (Lipinski definition) is 8. The SMILES string of the molecule is CC(C)COc1cc(F)cc(-c2ccc(C(=O)NS(=O)(=O)N3CCC(S(C)(=O)=O)C3)c(N3C[C@@H](C)CC3(C)C)n2)c1. The van der Waals surface area contributed by atoms with Gasteiger partial charge in [0.2, 0.25) is 0 Å². The lowest BCUT2D eigenvalue weighted by Gasteiger charge is -2.34. The number of hydrogen-bond donors (Lipinski definition) is 1. The summed E-state index contributed by atoms with van der Waals surface area (Å²) in [6, 6.07) is 7.36. The van der Waals surface area contributed by atoms with Crippen molar-refractivity contribution in [3.63, 3.8) is 0 Å². The Morgan fingerprint density at radius 2 is 1.88 bits per heavy atom. The average molecular weight is 611 g/mol. The molecular formula is C28H39FN4O6S2. The van der Waals surface area contributed by atoms with Crippen molar-refractivity contribution >= 4 is 31.8 Å². The summed E-state index contributed by atoms with van der Waals surface area (Å²) in [6.45, 7) is 10.9. The first-order valence-electron chi connectivity index (χ1n) is 13.7. The van der Waals surface area contributed by atoms with Crippen molar-refractivity contribution in [3.05, 3.63) is 41.7 Å². The molecule has 0 saturated carbocycles. The average Bonchev–Trinajstić information content (AvgIpc) is 3.46. The summed E-state index contributed by atoms with van der Waals surface area (Å²) in [5.74, 6) is -0.189. The van der Waals surface area contributed by atoms with E-state index in [4.69, 9.17) is 9.72 Å². The molecule has 2 fully saturated rings. The molecule has 41 heavy (non-hydrogen) atoms. The van der Waals surface area contributed by atoms with Crippen LogP contribution in [0.25, 0.3) is 11.3 Å². The van der Waals surface area contributed by atoms with E-state index in [-0.39, 0.29) is 48.3 Å². The van der Waals surface area contributed by atoms with Gasteiger partial charge in [-0.15, -0.1) is 0 Å². The van der Waals surface area contributed by atoms with E-state index in [2.05, 4.69) is 11.6 Å². The number of nitrogens with one attached hydrogen (secondary N) is 1. The maximum atomic E-state index is 14.6. The molecule has 0 aliphatic carbocycles. The van der Waals surface area contributed by atoms with Gasteiger partial charge in [-0.25, -0.2) is 22.5 Å². The minimum Gasteiger partial charge on any atom is -0.493 e. The quantitative estimate of drug-likeness (QED) is 0.456. The molecule has 1 amide bonds. The third kappa shape index (κ3) is 7.18. The third-order valence-corrected chi connectivity index (χ3v) is 10.5. The molecule has 1 unspecified atom stereocenters. The summed E-state index contributed by atoms with van der Waals surface area (Å²) in [6.07, 6.45) is 2.06. The number of ether oxygens (including phenoxy) is 1. The molecule has 2 saturated heterocycles. The monoisotopic (exact) mass is 610 g/mol. The molecule has 3 heterocycles. The topological polar surface area (TPSA) is 126 Å². The van der Waals surface area contributed by atoms with Crippen LogP contribution in [0, 0.1) is 17.7 Å². The predicted molar refractivity (Wildman–Crippen MR) is 156 cm³/mol. The molecule has 2 aliphatic rings. The van der Waals surface area contributed by atoms with Crippen molar-refractivity contribution in [2.24, 2.45) is 11.8 Å². The maximum absolute atomic E-state index is 14.6. The van der Waals surface area contributed by atoms with Crippen LogP contribution in [0.3, 0.4) is 0 Å². The molecule has 1 aromatic heterocycles. The van der Waals surface area contributed by atoms with E-state index in [0.717, 1.165) is 17.0 Å². The summed E-state index contributed by atoms with van der Waals surface area (Å²) in [5.41, 5.74) is 0.521. The first-order chi connectivity index (χ1) is 19.0. The molecule has 2 aromatic rings. The number of pyridine rings is 1. The second-order valence-corrected chi connectivity index (χ2v) is 16.2. The number of benzene rings is 1. The molecule has 0 spiro atoms. The van der Waals surface area contributed by atoms with Gasteiger partial charge in [-0.2, -0.15) is 12.7 Å². The fourth-order valence-electron chi connectivity index (χ4n) is 5.51. The lowest BCUT2D eigenvalue weighted by Crippen LogP contribution is -2.44. The van der Waals surface area contributed by atoms with Crippen LogP contribution < -0.4 is 14.4 Å². The summed E-state index contributed by atoms with van der Waals surface area (Å²) < 4.78 is 73.4. The van der Waals surface area contributed by atoms with E-state index in [1.807, 2.05) is 32.6 Å². The number of rotatable bonds is 9. The normalized spacial score (nSPS) is 21.4. The first-order valence-corrected chi connectivity index (χ1v) is 17.1. The molecule has 2 aliphatic heterocycles. The smallest absolute Gasteiger partial charge is 0.304 e. The van der Waals surface area contributed by atoms with Crippen molar-refractivity contribution in [3.8, 4) is 17.0 Å². The zero-order valence-corrected chi connectivity index (χ0v) is 26.0. The number of carbonyl (C=O) groups is 1. The van der Waals surface area contributed by atoms with Crippen molar-refractivity contribution in [2.75, 3.05) is 37.4 Å². The summed E-state index contributed by atoms with van der Waals surface area (Å²) in [5, 5.41) is -0.821. The number of amides is 1. The van der Waals surface area contributed by atoms with Gasteiger partial charge in [0.25, 0.3) is 5.91 Å². The highest BCUT2D eigenvalue weighted by Gasteiger charge is 2.41. The minimum atomic E-state index is -4.31. The lowest BCUT2D eigenvalue weighted by atomic mass is 9.97. The highest BCUT2D eigenvalue weighted by molar-refractivity contribution is 7.91. The summed E-state index contributed by atoms with van der Waals surface area (Å²) >= 11 is 0. The standard InChI is InChI=1S/C28H39FN4O6S2/c1-18(2)17-39-22-12-20(11-21(29)13-22)25-8-7-24(26(30-25)33-15-19(3)14-28(33,4)5)27(34)31-41(37,38)32-10-9-23(16-32)40(6,35)36/h7-8,11-13,18-19,23H,9-10,14-17H2,1-6H3,(H,31,34)/t19-,23?/m0/s1. The van der Waals surface area contributed by atoms with Crippen LogP contribution >= 0.6 is 0 Å². The number of sulfone groups is 1. The Morgan fingerprint density at radius 3 is 2.46 bits per heavy atom. The van der Waals surface area contributed by atoms with E-state index in [0.29, 0.717) is 30.2 Å². The van der Waals surface area contributed by atoms with Crippen LogP contribution in [-0.2, 0) is 20.0 Å². The van der Waals surface area contributed by atoms with Gasteiger partial charge >= 0.3 is 10.2 Å². The number of halogens is 1. The zero-order valence-electron chi connectivity index (χ0n) is 24.3. The largest absolute Gasteiger partial charge is 0.493 e. The van der Waals surface area contributed by atoms with E-state index in [1.54, 1.807) is 12.1 Å². The van der Waals surface area contributed by atoms with Gasteiger partial charge in [-0.05, 0) is 62.8 Å². The van der Waals surface area contributed by atoms with Gasteiger partial charge < -0.3 is 9.64 Å². The fourth-order valence-corrected chi connectivity index (χ4v) is 7.78. The van der Waals surface area contributed by atoms with E-state index >= 15 is 0 Å². The highest BCUT2D eigenvalue weighted by atomic mass is 32.2. The molecule has 0 bridgehead atoms. The van der Waals surface area contributed by atoms with Crippen molar-refractivity contribution in [1.29, 1.82) is 0 Å². The van der Waals surface area contributed by atoms with E-state index < -0.39 is 37.0 Å². The maximum Gasteiger partial charge on any atom is 0.304 e. The van der Waals surface area contributed by atoms with Crippen LogP contribution in [0.4, 0.5) is 10.2 Å². The first kappa shape index (κ1) is 31.2. The number of aromatic nitrogens is 1. The Balaban J connectivity index is 1.70. The van der Waals surface area contributed by atoms with Gasteiger partial charge in [0.1, 0.15) is 17.4 Å². The lowest BCUT2D eigenvalue weighted by molar-refractivity contribution is 0.0979. The number of nitrogens with zero attached hydrogens (tertiary/aromatic N) is 3. The van der Waals surface area contributed by atoms with Crippen LogP contribution in [0.2, 0.25) is 0 Å². The number of carbonyl (C=O) groups excluding carboxylic acids is 1. The Kier molecular flexibility index (Phi) is 8.73. The second-order valence-electron chi connectivity index (χ2n) is 12.2.